The molecule has 0 spiro atoms. The van der Waals surface area contributed by atoms with Gasteiger partial charge in [-0.15, -0.1) is 0 Å². The van der Waals surface area contributed by atoms with Crippen molar-refractivity contribution in [1.29, 1.82) is 0 Å². The maximum atomic E-state index is 4.37. The van der Waals surface area contributed by atoms with E-state index in [-0.39, 0.29) is 0 Å². The molecule has 2 aromatic heterocycles. The van der Waals surface area contributed by atoms with E-state index in [0.29, 0.717) is 12.0 Å². The average molecular weight is 245 g/mol. The van der Waals surface area contributed by atoms with Crippen molar-refractivity contribution >= 4 is 0 Å². The van der Waals surface area contributed by atoms with Crippen molar-refractivity contribution in [3.63, 3.8) is 0 Å². The monoisotopic (exact) mass is 245 g/mol. The van der Waals surface area contributed by atoms with Crippen molar-refractivity contribution in [1.82, 2.24) is 24.8 Å². The average Bonchev–Trinajstić information content (AvgIpc) is 2.68. The van der Waals surface area contributed by atoms with Gasteiger partial charge >= 0.3 is 0 Å². The van der Waals surface area contributed by atoms with Gasteiger partial charge in [0.05, 0.1) is 5.69 Å². The van der Waals surface area contributed by atoms with Gasteiger partial charge in [0.25, 0.3) is 0 Å². The summed E-state index contributed by atoms with van der Waals surface area (Å²) in [5.74, 6) is 0.668. The molecule has 0 aliphatic rings. The molecule has 0 aliphatic heterocycles. The van der Waals surface area contributed by atoms with Crippen LogP contribution in [0, 0.1) is 13.8 Å². The van der Waals surface area contributed by atoms with E-state index in [2.05, 4.69) is 34.1 Å². The zero-order valence-corrected chi connectivity index (χ0v) is 11.3. The lowest BCUT2D eigenvalue weighted by Gasteiger charge is -2.08. The maximum Gasteiger partial charge on any atom is 0.235 e. The van der Waals surface area contributed by atoms with Gasteiger partial charge in [0.15, 0.2) is 0 Å². The Morgan fingerprint density at radius 3 is 2.33 bits per heavy atom. The van der Waals surface area contributed by atoms with Crippen LogP contribution in [0.5, 0.6) is 0 Å². The van der Waals surface area contributed by atoms with Crippen molar-refractivity contribution in [2.75, 3.05) is 0 Å². The molecular formula is C13H19N5. The van der Waals surface area contributed by atoms with E-state index in [1.54, 1.807) is 6.33 Å². The molecule has 18 heavy (non-hydrogen) atoms. The molecular weight excluding hydrogens is 226 g/mol. The first-order valence-corrected chi connectivity index (χ1v) is 6.13. The second-order valence-electron chi connectivity index (χ2n) is 4.71. The van der Waals surface area contributed by atoms with Gasteiger partial charge in [-0.05, 0) is 13.8 Å². The number of rotatable bonds is 4. The number of nitrogens with one attached hydrogen (secondary N) is 1. The van der Waals surface area contributed by atoms with Crippen molar-refractivity contribution < 1.29 is 0 Å². The normalized spacial score (nSPS) is 11.2. The van der Waals surface area contributed by atoms with Crippen LogP contribution < -0.4 is 5.32 Å². The summed E-state index contributed by atoms with van der Waals surface area (Å²) in [5.41, 5.74) is 3.16. The van der Waals surface area contributed by atoms with E-state index in [0.717, 1.165) is 23.5 Å². The zero-order chi connectivity index (χ0) is 13.1. The molecule has 2 rings (SSSR count). The Balaban J connectivity index is 2.15. The lowest BCUT2D eigenvalue weighted by molar-refractivity contribution is 0.586. The van der Waals surface area contributed by atoms with Gasteiger partial charge in [0.2, 0.25) is 5.95 Å². The van der Waals surface area contributed by atoms with Crippen LogP contribution >= 0.6 is 0 Å². The molecule has 5 nitrogen and oxygen atoms in total. The topological polar surface area (TPSA) is 55.6 Å². The number of hydrogen-bond donors (Lipinski definition) is 1. The molecule has 0 saturated heterocycles. The molecule has 0 radical (unpaired) electrons. The first kappa shape index (κ1) is 12.7. The van der Waals surface area contributed by atoms with Crippen LogP contribution in [0.15, 0.2) is 18.7 Å². The predicted molar refractivity (Wildman–Crippen MR) is 70.6 cm³/mol. The van der Waals surface area contributed by atoms with Gasteiger partial charge in [-0.2, -0.15) is 0 Å². The van der Waals surface area contributed by atoms with E-state index in [9.17, 15) is 0 Å². The molecule has 0 atom stereocenters. The number of aromatic nitrogens is 4. The molecule has 0 aromatic carbocycles. The SMILES string of the molecule is Cc1ncn(-c2ncc(CNC(C)C)cn2)c1C. The fourth-order valence-electron chi connectivity index (χ4n) is 1.59. The van der Waals surface area contributed by atoms with Crippen LogP contribution in [0.2, 0.25) is 0 Å². The van der Waals surface area contributed by atoms with Gasteiger partial charge in [0, 0.05) is 36.2 Å². The molecule has 0 aliphatic carbocycles. The third-order valence-corrected chi connectivity index (χ3v) is 2.87. The van der Waals surface area contributed by atoms with Crippen LogP contribution in [-0.2, 0) is 6.54 Å². The molecule has 0 amide bonds. The molecule has 96 valence electrons. The number of aryl methyl sites for hydroxylation is 1. The maximum absolute atomic E-state index is 4.37. The summed E-state index contributed by atoms with van der Waals surface area (Å²) in [6.45, 7) is 9.02. The Morgan fingerprint density at radius 2 is 1.83 bits per heavy atom. The van der Waals surface area contributed by atoms with Crippen LogP contribution in [0.4, 0.5) is 0 Å². The summed E-state index contributed by atoms with van der Waals surface area (Å²) in [5, 5.41) is 3.34. The van der Waals surface area contributed by atoms with E-state index < -0.39 is 0 Å². The number of hydrogen-bond acceptors (Lipinski definition) is 4. The Labute approximate surface area is 107 Å². The molecule has 2 heterocycles. The fraction of sp³-hybridized carbons (Fsp3) is 0.462. The van der Waals surface area contributed by atoms with E-state index >= 15 is 0 Å². The highest BCUT2D eigenvalue weighted by Gasteiger charge is 2.06. The van der Waals surface area contributed by atoms with Crippen molar-refractivity contribution in [3.05, 3.63) is 35.7 Å². The highest BCUT2D eigenvalue weighted by molar-refractivity contribution is 5.22. The lowest BCUT2D eigenvalue weighted by Crippen LogP contribution is -2.22. The third-order valence-electron chi connectivity index (χ3n) is 2.87. The van der Waals surface area contributed by atoms with Gasteiger partial charge in [-0.3, -0.25) is 4.57 Å². The smallest absolute Gasteiger partial charge is 0.235 e. The summed E-state index contributed by atoms with van der Waals surface area (Å²) < 4.78 is 1.90. The van der Waals surface area contributed by atoms with Gasteiger partial charge in [-0.25, -0.2) is 15.0 Å². The van der Waals surface area contributed by atoms with Crippen LogP contribution in [0.25, 0.3) is 5.95 Å². The standard InChI is InChI=1S/C13H19N5/c1-9(2)14-5-12-6-15-13(16-7-12)18-8-17-10(3)11(18)4/h6-9,14H,5H2,1-4H3. The quantitative estimate of drug-likeness (QED) is 0.892. The number of nitrogens with zero attached hydrogens (tertiary/aromatic N) is 4. The summed E-state index contributed by atoms with van der Waals surface area (Å²) in [6, 6.07) is 0.461. The van der Waals surface area contributed by atoms with E-state index in [1.807, 2.05) is 30.8 Å². The summed E-state index contributed by atoms with van der Waals surface area (Å²) in [4.78, 5) is 13.0. The molecule has 0 saturated carbocycles. The number of imidazole rings is 1. The minimum atomic E-state index is 0.461. The highest BCUT2D eigenvalue weighted by Crippen LogP contribution is 2.09. The second kappa shape index (κ2) is 5.27. The zero-order valence-electron chi connectivity index (χ0n) is 11.3. The second-order valence-corrected chi connectivity index (χ2v) is 4.71. The first-order chi connectivity index (χ1) is 8.58. The molecule has 5 heteroatoms. The minimum Gasteiger partial charge on any atom is -0.310 e. The Hall–Kier alpha value is -1.75. The Bertz CT molecular complexity index is 513. The van der Waals surface area contributed by atoms with Crippen molar-refractivity contribution in [2.24, 2.45) is 0 Å². The molecule has 0 unspecified atom stereocenters. The lowest BCUT2D eigenvalue weighted by atomic mass is 10.3. The molecule has 0 fully saturated rings. The summed E-state index contributed by atoms with van der Waals surface area (Å²) >= 11 is 0. The van der Waals surface area contributed by atoms with Gasteiger partial charge < -0.3 is 5.32 Å². The van der Waals surface area contributed by atoms with E-state index in [4.69, 9.17) is 0 Å². The minimum absolute atomic E-state index is 0.461. The largest absolute Gasteiger partial charge is 0.310 e. The van der Waals surface area contributed by atoms with Gasteiger partial charge in [0.1, 0.15) is 6.33 Å². The van der Waals surface area contributed by atoms with Crippen LogP contribution in [0.3, 0.4) is 0 Å². The molecule has 2 aromatic rings. The molecule has 1 N–H and O–H groups in total. The Kier molecular flexibility index (Phi) is 3.72. The fourth-order valence-corrected chi connectivity index (χ4v) is 1.59. The molecule has 0 bridgehead atoms. The van der Waals surface area contributed by atoms with Crippen LogP contribution in [-0.4, -0.2) is 25.6 Å². The van der Waals surface area contributed by atoms with Gasteiger partial charge in [-0.1, -0.05) is 13.8 Å². The summed E-state index contributed by atoms with van der Waals surface area (Å²) in [7, 11) is 0. The highest BCUT2D eigenvalue weighted by atomic mass is 15.2. The van der Waals surface area contributed by atoms with Crippen LogP contribution in [0.1, 0.15) is 30.8 Å². The van der Waals surface area contributed by atoms with E-state index in [1.165, 1.54) is 0 Å². The summed E-state index contributed by atoms with van der Waals surface area (Å²) in [6.07, 6.45) is 5.46. The third kappa shape index (κ3) is 2.73. The Morgan fingerprint density at radius 1 is 1.17 bits per heavy atom. The first-order valence-electron chi connectivity index (χ1n) is 6.13. The van der Waals surface area contributed by atoms with Crippen molar-refractivity contribution in [2.45, 2.75) is 40.3 Å². The predicted octanol–water partition coefficient (Wildman–Crippen LogP) is 1.78. The van der Waals surface area contributed by atoms with Crippen molar-refractivity contribution in [3.8, 4) is 5.95 Å².